The molecule has 10 heteroatoms. The Labute approximate surface area is 213 Å². The van der Waals surface area contributed by atoms with Crippen LogP contribution in [0.5, 0.6) is 0 Å². The lowest BCUT2D eigenvalue weighted by Crippen LogP contribution is -2.41. The predicted molar refractivity (Wildman–Crippen MR) is 138 cm³/mol. The zero-order valence-electron chi connectivity index (χ0n) is 19.6. The molecule has 0 bridgehead atoms. The minimum atomic E-state index is -0.916. The molecule has 0 spiro atoms. The maximum Gasteiger partial charge on any atom is 0.334 e. The highest BCUT2D eigenvalue weighted by Crippen LogP contribution is 2.21. The average molecular weight is 508 g/mol. The first kappa shape index (κ1) is 26.3. The summed E-state index contributed by atoms with van der Waals surface area (Å²) in [7, 11) is 3.35. The van der Waals surface area contributed by atoms with Gasteiger partial charge in [-0.25, -0.2) is 19.1 Å². The first-order chi connectivity index (χ1) is 17.3. The van der Waals surface area contributed by atoms with Crippen LogP contribution in [0.4, 0.5) is 20.7 Å². The van der Waals surface area contributed by atoms with Gasteiger partial charge in [-0.3, -0.25) is 9.80 Å². The predicted octanol–water partition coefficient (Wildman–Crippen LogP) is 4.65. The van der Waals surface area contributed by atoms with Crippen LogP contribution in [0.15, 0.2) is 65.9 Å². The van der Waals surface area contributed by atoms with Gasteiger partial charge in [-0.1, -0.05) is 29.7 Å². The minimum absolute atomic E-state index is 0.000247. The highest BCUT2D eigenvalue weighted by molar-refractivity contribution is 6.31. The number of methoxy groups -OCH3 is 1. The molecule has 36 heavy (non-hydrogen) atoms. The van der Waals surface area contributed by atoms with E-state index < -0.39 is 17.8 Å². The molecular formula is C26H23ClFN5O3. The Morgan fingerprint density at radius 3 is 2.69 bits per heavy atom. The van der Waals surface area contributed by atoms with Crippen LogP contribution in [0, 0.1) is 18.2 Å². The SMILES string of the molecule is C#Cc1ccc(N(C(=O)Nc2ccc(C=NN(C)CCOC)cc2F)C(=O)c2cccc(Cl)c2)nc1. The van der Waals surface area contributed by atoms with E-state index in [9.17, 15) is 14.0 Å². The summed E-state index contributed by atoms with van der Waals surface area (Å²) in [6, 6.07) is 12.3. The van der Waals surface area contributed by atoms with Crippen molar-refractivity contribution in [2.24, 2.45) is 5.10 Å². The number of hydrogen-bond acceptors (Lipinski definition) is 6. The van der Waals surface area contributed by atoms with Gasteiger partial charge in [0.1, 0.15) is 11.6 Å². The van der Waals surface area contributed by atoms with Gasteiger partial charge >= 0.3 is 6.03 Å². The van der Waals surface area contributed by atoms with E-state index in [0.29, 0.717) is 29.3 Å². The summed E-state index contributed by atoms with van der Waals surface area (Å²) in [6.45, 7) is 1.06. The number of halogens is 2. The Balaban J connectivity index is 1.85. The number of hydrogen-bond donors (Lipinski definition) is 1. The highest BCUT2D eigenvalue weighted by atomic mass is 35.5. The fourth-order valence-corrected chi connectivity index (χ4v) is 3.18. The number of nitrogens with zero attached hydrogens (tertiary/aromatic N) is 4. The number of carbonyl (C=O) groups excluding carboxylic acids is 2. The molecule has 0 unspecified atom stereocenters. The number of amides is 3. The molecule has 0 radical (unpaired) electrons. The van der Waals surface area contributed by atoms with Crippen molar-refractivity contribution in [1.82, 2.24) is 9.99 Å². The monoisotopic (exact) mass is 507 g/mol. The molecule has 3 amide bonds. The maximum atomic E-state index is 14.8. The first-order valence-electron chi connectivity index (χ1n) is 10.7. The number of rotatable bonds is 8. The highest BCUT2D eigenvalue weighted by Gasteiger charge is 2.27. The number of urea groups is 1. The van der Waals surface area contributed by atoms with Crippen molar-refractivity contribution in [3.05, 3.63) is 88.3 Å². The summed E-state index contributed by atoms with van der Waals surface area (Å²) in [5, 5.41) is 8.59. The molecule has 0 aliphatic heterocycles. The number of nitrogens with one attached hydrogen (secondary N) is 1. The zero-order valence-corrected chi connectivity index (χ0v) is 20.4. The van der Waals surface area contributed by atoms with E-state index in [4.69, 9.17) is 22.8 Å². The number of anilines is 2. The number of carbonyl (C=O) groups is 2. The van der Waals surface area contributed by atoms with E-state index >= 15 is 0 Å². The van der Waals surface area contributed by atoms with Gasteiger partial charge in [0.25, 0.3) is 5.91 Å². The summed E-state index contributed by atoms with van der Waals surface area (Å²) < 4.78 is 19.8. The quantitative estimate of drug-likeness (QED) is 0.272. The van der Waals surface area contributed by atoms with Crippen molar-refractivity contribution in [3.8, 4) is 12.3 Å². The molecular weight excluding hydrogens is 485 g/mol. The lowest BCUT2D eigenvalue weighted by atomic mass is 10.2. The maximum absolute atomic E-state index is 14.8. The molecule has 1 aromatic heterocycles. The number of likely N-dealkylation sites (N-methyl/N-ethyl adjacent to an activating group) is 1. The molecule has 0 aliphatic rings. The van der Waals surface area contributed by atoms with Gasteiger partial charge in [-0.15, -0.1) is 6.42 Å². The second kappa shape index (κ2) is 12.4. The molecule has 0 aliphatic carbocycles. The summed E-state index contributed by atoms with van der Waals surface area (Å²) in [5.41, 5.74) is 0.956. The van der Waals surface area contributed by atoms with Crippen LogP contribution in [0.3, 0.4) is 0 Å². The summed E-state index contributed by atoms with van der Waals surface area (Å²) >= 11 is 6.02. The van der Waals surface area contributed by atoms with Crippen LogP contribution >= 0.6 is 11.6 Å². The van der Waals surface area contributed by atoms with Crippen LogP contribution in [0.1, 0.15) is 21.5 Å². The van der Waals surface area contributed by atoms with E-state index in [2.05, 4.69) is 21.3 Å². The Morgan fingerprint density at radius 2 is 2.06 bits per heavy atom. The largest absolute Gasteiger partial charge is 0.383 e. The van der Waals surface area contributed by atoms with Gasteiger partial charge in [-0.05, 0) is 48.0 Å². The Morgan fingerprint density at radius 1 is 1.25 bits per heavy atom. The fourth-order valence-electron chi connectivity index (χ4n) is 2.99. The van der Waals surface area contributed by atoms with Crippen LogP contribution < -0.4 is 10.2 Å². The number of benzene rings is 2. The number of ether oxygens (including phenoxy) is 1. The van der Waals surface area contributed by atoms with Gasteiger partial charge in [0.15, 0.2) is 0 Å². The lowest BCUT2D eigenvalue weighted by Gasteiger charge is -2.21. The lowest BCUT2D eigenvalue weighted by molar-refractivity contribution is 0.0995. The Bertz CT molecular complexity index is 1310. The normalized spacial score (nSPS) is 10.6. The molecule has 184 valence electrons. The standard InChI is InChI=1S/C26H23ClFN5O3/c1-4-18-9-11-24(29-16-18)33(25(34)20-6-5-7-21(27)15-20)26(35)31-23-10-8-19(14-22(23)28)17-30-32(2)12-13-36-3/h1,5-11,14-17H,12-13H2,2-3H3,(H,31,35). The first-order valence-corrected chi connectivity index (χ1v) is 11.1. The molecule has 3 aromatic rings. The summed E-state index contributed by atoms with van der Waals surface area (Å²) in [4.78, 5) is 31.3. The van der Waals surface area contributed by atoms with Crippen molar-refractivity contribution in [2.75, 3.05) is 37.5 Å². The van der Waals surface area contributed by atoms with Gasteiger partial charge in [-0.2, -0.15) is 5.10 Å². The second-order valence-electron chi connectivity index (χ2n) is 7.49. The Kier molecular flexibility index (Phi) is 9.11. The third kappa shape index (κ3) is 6.88. The molecule has 0 saturated heterocycles. The van der Waals surface area contributed by atoms with Gasteiger partial charge in [0.2, 0.25) is 0 Å². The molecule has 3 rings (SSSR count). The van der Waals surface area contributed by atoms with Gasteiger partial charge in [0.05, 0.1) is 25.1 Å². The summed E-state index contributed by atoms with van der Waals surface area (Å²) in [5.74, 6) is 0.997. The van der Waals surface area contributed by atoms with Crippen LogP contribution in [0.2, 0.25) is 5.02 Å². The smallest absolute Gasteiger partial charge is 0.334 e. The molecule has 0 atom stereocenters. The average Bonchev–Trinajstić information content (AvgIpc) is 2.88. The fraction of sp³-hybridized carbons (Fsp3) is 0.154. The molecule has 1 N–H and O–H groups in total. The van der Waals surface area contributed by atoms with E-state index in [0.717, 1.165) is 4.90 Å². The summed E-state index contributed by atoms with van der Waals surface area (Å²) in [6.07, 6.45) is 8.20. The molecule has 8 nitrogen and oxygen atoms in total. The molecule has 1 heterocycles. The van der Waals surface area contributed by atoms with Crippen molar-refractivity contribution < 1.29 is 18.7 Å². The molecule has 0 saturated carbocycles. The topological polar surface area (TPSA) is 87.1 Å². The number of aromatic nitrogens is 1. The minimum Gasteiger partial charge on any atom is -0.383 e. The van der Waals surface area contributed by atoms with Crippen LogP contribution in [-0.4, -0.2) is 55.5 Å². The van der Waals surface area contributed by atoms with Crippen molar-refractivity contribution in [2.45, 2.75) is 0 Å². The number of pyridine rings is 1. The third-order valence-electron chi connectivity index (χ3n) is 4.88. The molecule has 2 aromatic carbocycles. The number of hydrazone groups is 1. The van der Waals surface area contributed by atoms with E-state index in [1.54, 1.807) is 37.4 Å². The number of terminal acetylenes is 1. The Hall–Kier alpha value is -4.26. The van der Waals surface area contributed by atoms with Crippen molar-refractivity contribution >= 4 is 41.3 Å². The van der Waals surface area contributed by atoms with E-state index in [1.165, 1.54) is 48.8 Å². The molecule has 0 fully saturated rings. The van der Waals surface area contributed by atoms with E-state index in [1.807, 2.05) is 0 Å². The van der Waals surface area contributed by atoms with Crippen LogP contribution in [0.25, 0.3) is 0 Å². The third-order valence-corrected chi connectivity index (χ3v) is 5.11. The second-order valence-corrected chi connectivity index (χ2v) is 7.92. The van der Waals surface area contributed by atoms with Crippen molar-refractivity contribution in [3.63, 3.8) is 0 Å². The zero-order chi connectivity index (χ0) is 26.1. The van der Waals surface area contributed by atoms with Gasteiger partial charge in [0, 0.05) is 36.5 Å². The number of imide groups is 1. The van der Waals surface area contributed by atoms with Crippen molar-refractivity contribution in [1.29, 1.82) is 0 Å². The van der Waals surface area contributed by atoms with Crippen LogP contribution in [-0.2, 0) is 4.74 Å². The van der Waals surface area contributed by atoms with Gasteiger partial charge < -0.3 is 10.1 Å². The van der Waals surface area contributed by atoms with E-state index in [-0.39, 0.29) is 17.1 Å².